The summed E-state index contributed by atoms with van der Waals surface area (Å²) in [5.41, 5.74) is 1.28. The molecule has 2 nitrogen and oxygen atoms in total. The Labute approximate surface area is 114 Å². The molecule has 0 amide bonds. The average molecular weight is 269 g/mol. The molecule has 0 bridgehead atoms. The van der Waals surface area contributed by atoms with Gasteiger partial charge in [0.05, 0.1) is 11.6 Å². The largest absolute Gasteiger partial charge is 0.289 e. The van der Waals surface area contributed by atoms with Gasteiger partial charge in [-0.3, -0.25) is 4.79 Å². The van der Waals surface area contributed by atoms with Gasteiger partial charge in [0.25, 0.3) is 0 Å². The topological polar surface area (TPSA) is 40.9 Å². The van der Waals surface area contributed by atoms with Crippen LogP contribution in [0.5, 0.6) is 0 Å². The summed E-state index contributed by atoms with van der Waals surface area (Å²) in [6, 6.07) is 11.5. The molecular formula is C16H9F2NO. The van der Waals surface area contributed by atoms with Crippen LogP contribution in [0.4, 0.5) is 8.78 Å². The Bertz CT molecular complexity index is 712. The summed E-state index contributed by atoms with van der Waals surface area (Å²) in [6.45, 7) is 0. The van der Waals surface area contributed by atoms with Crippen LogP contribution in [0.25, 0.3) is 6.08 Å². The van der Waals surface area contributed by atoms with Crippen molar-refractivity contribution in [2.75, 3.05) is 0 Å². The number of hydrogen-bond donors (Lipinski definition) is 0. The van der Waals surface area contributed by atoms with Crippen LogP contribution in [0, 0.1) is 23.0 Å². The van der Waals surface area contributed by atoms with Crippen molar-refractivity contribution in [3.8, 4) is 6.07 Å². The number of allylic oxidation sites excluding steroid dienone is 1. The molecule has 0 aromatic heterocycles. The van der Waals surface area contributed by atoms with Crippen LogP contribution in [-0.4, -0.2) is 5.78 Å². The number of carbonyl (C=O) groups is 1. The number of benzene rings is 2. The van der Waals surface area contributed by atoms with E-state index >= 15 is 0 Å². The van der Waals surface area contributed by atoms with Crippen molar-refractivity contribution in [3.63, 3.8) is 0 Å². The smallest absolute Gasteiger partial charge is 0.185 e. The molecule has 2 aromatic carbocycles. The van der Waals surface area contributed by atoms with Crippen LogP contribution in [-0.2, 0) is 0 Å². The van der Waals surface area contributed by atoms with E-state index in [0.717, 1.165) is 12.1 Å². The zero-order valence-electron chi connectivity index (χ0n) is 10.3. The lowest BCUT2D eigenvalue weighted by Gasteiger charge is -1.97. The second-order valence-electron chi connectivity index (χ2n) is 4.06. The molecule has 0 aliphatic rings. The maximum atomic E-state index is 13.0. The molecule has 20 heavy (non-hydrogen) atoms. The minimum atomic E-state index is -0.960. The van der Waals surface area contributed by atoms with Gasteiger partial charge < -0.3 is 0 Å². The summed E-state index contributed by atoms with van der Waals surface area (Å²) in [5.74, 6) is -2.17. The Kier molecular flexibility index (Phi) is 4.02. The monoisotopic (exact) mass is 269 g/mol. The second-order valence-corrected chi connectivity index (χ2v) is 4.06. The zero-order valence-corrected chi connectivity index (χ0v) is 10.3. The van der Waals surface area contributed by atoms with Gasteiger partial charge in [0.2, 0.25) is 0 Å². The fraction of sp³-hybridized carbons (Fsp3) is 0. The van der Waals surface area contributed by atoms with E-state index in [4.69, 9.17) is 5.26 Å². The standard InChI is InChI=1S/C16H9F2NO/c17-14-7-3-11(9-15(14)18)4-8-16(20)13-5-1-12(10-19)2-6-13/h1-9H. The molecule has 0 atom stereocenters. The Morgan fingerprint density at radius 1 is 1.05 bits per heavy atom. The molecule has 0 aliphatic carbocycles. The van der Waals surface area contributed by atoms with Crippen molar-refractivity contribution >= 4 is 11.9 Å². The maximum absolute atomic E-state index is 13.0. The lowest BCUT2D eigenvalue weighted by atomic mass is 10.1. The Morgan fingerprint density at radius 3 is 2.35 bits per heavy atom. The third-order valence-electron chi connectivity index (χ3n) is 2.67. The number of ketones is 1. The molecule has 0 saturated heterocycles. The number of rotatable bonds is 3. The second kappa shape index (κ2) is 5.89. The summed E-state index contributed by atoms with van der Waals surface area (Å²) in [5, 5.41) is 8.65. The highest BCUT2D eigenvalue weighted by molar-refractivity contribution is 6.06. The van der Waals surface area contributed by atoms with E-state index in [9.17, 15) is 13.6 Å². The van der Waals surface area contributed by atoms with Crippen molar-refractivity contribution in [1.82, 2.24) is 0 Å². The molecule has 0 fully saturated rings. The van der Waals surface area contributed by atoms with Gasteiger partial charge in [-0.25, -0.2) is 8.78 Å². The molecule has 0 radical (unpaired) electrons. The van der Waals surface area contributed by atoms with Crippen LogP contribution in [0.3, 0.4) is 0 Å². The van der Waals surface area contributed by atoms with Crippen LogP contribution in [0.15, 0.2) is 48.5 Å². The van der Waals surface area contributed by atoms with E-state index in [1.807, 2.05) is 6.07 Å². The van der Waals surface area contributed by atoms with Crippen molar-refractivity contribution in [2.24, 2.45) is 0 Å². The quantitative estimate of drug-likeness (QED) is 0.629. The fourth-order valence-electron chi connectivity index (χ4n) is 1.59. The summed E-state index contributed by atoms with van der Waals surface area (Å²) >= 11 is 0. The van der Waals surface area contributed by atoms with Crippen molar-refractivity contribution in [2.45, 2.75) is 0 Å². The minimum absolute atomic E-state index is 0.278. The SMILES string of the molecule is N#Cc1ccc(C(=O)C=Cc2ccc(F)c(F)c2)cc1. The molecule has 2 rings (SSSR count). The molecule has 2 aromatic rings. The third kappa shape index (κ3) is 3.15. The lowest BCUT2D eigenvalue weighted by Crippen LogP contribution is -1.94. The van der Waals surface area contributed by atoms with Crippen LogP contribution in [0.2, 0.25) is 0 Å². The molecule has 0 heterocycles. The minimum Gasteiger partial charge on any atom is -0.289 e. The first-order valence-corrected chi connectivity index (χ1v) is 5.78. The molecule has 0 unspecified atom stereocenters. The van der Waals surface area contributed by atoms with Crippen LogP contribution in [0.1, 0.15) is 21.5 Å². The molecule has 0 spiro atoms. The number of hydrogen-bond acceptors (Lipinski definition) is 2. The number of carbonyl (C=O) groups excluding carboxylic acids is 1. The molecule has 0 saturated carbocycles. The highest BCUT2D eigenvalue weighted by Crippen LogP contribution is 2.11. The van der Waals surface area contributed by atoms with E-state index < -0.39 is 11.6 Å². The number of halogens is 2. The highest BCUT2D eigenvalue weighted by atomic mass is 19.2. The Hall–Kier alpha value is -2.80. The highest BCUT2D eigenvalue weighted by Gasteiger charge is 2.03. The molecule has 4 heteroatoms. The van der Waals surface area contributed by atoms with Gasteiger partial charge in [0.1, 0.15) is 0 Å². The van der Waals surface area contributed by atoms with Crippen LogP contribution < -0.4 is 0 Å². The van der Waals surface area contributed by atoms with E-state index in [1.54, 1.807) is 12.1 Å². The fourth-order valence-corrected chi connectivity index (χ4v) is 1.59. The third-order valence-corrected chi connectivity index (χ3v) is 2.67. The summed E-state index contributed by atoms with van der Waals surface area (Å²) in [7, 11) is 0. The number of nitriles is 1. The maximum Gasteiger partial charge on any atom is 0.185 e. The zero-order chi connectivity index (χ0) is 14.5. The first-order chi connectivity index (χ1) is 9.60. The van der Waals surface area contributed by atoms with Crippen LogP contribution >= 0.6 is 0 Å². The Morgan fingerprint density at radius 2 is 1.75 bits per heavy atom. The lowest BCUT2D eigenvalue weighted by molar-refractivity contribution is 0.104. The van der Waals surface area contributed by atoms with E-state index in [-0.39, 0.29) is 5.78 Å². The predicted molar refractivity (Wildman–Crippen MR) is 70.9 cm³/mol. The van der Waals surface area contributed by atoms with Gasteiger partial charge in [-0.15, -0.1) is 0 Å². The van der Waals surface area contributed by atoms with Gasteiger partial charge in [0, 0.05) is 5.56 Å². The Balaban J connectivity index is 2.15. The summed E-state index contributed by atoms with van der Waals surface area (Å²) < 4.78 is 25.7. The number of nitrogens with zero attached hydrogens (tertiary/aromatic N) is 1. The summed E-state index contributed by atoms with van der Waals surface area (Å²) in [4.78, 5) is 11.8. The van der Waals surface area contributed by atoms with Gasteiger partial charge in [0.15, 0.2) is 17.4 Å². The average Bonchev–Trinajstić information content (AvgIpc) is 2.48. The van der Waals surface area contributed by atoms with Crippen molar-refractivity contribution in [1.29, 1.82) is 5.26 Å². The van der Waals surface area contributed by atoms with Gasteiger partial charge in [-0.2, -0.15) is 5.26 Å². The molecule has 0 N–H and O–H groups in total. The van der Waals surface area contributed by atoms with Gasteiger partial charge in [-0.1, -0.05) is 12.1 Å². The van der Waals surface area contributed by atoms with E-state index in [1.165, 1.54) is 30.4 Å². The molecule has 98 valence electrons. The van der Waals surface area contributed by atoms with Crippen molar-refractivity contribution < 1.29 is 13.6 Å². The first kappa shape index (κ1) is 13.6. The molecular weight excluding hydrogens is 260 g/mol. The van der Waals surface area contributed by atoms with E-state index in [2.05, 4.69) is 0 Å². The van der Waals surface area contributed by atoms with Crippen molar-refractivity contribution in [3.05, 3.63) is 76.9 Å². The van der Waals surface area contributed by atoms with E-state index in [0.29, 0.717) is 16.7 Å². The van der Waals surface area contributed by atoms with Gasteiger partial charge >= 0.3 is 0 Å². The normalized spacial score (nSPS) is 10.4. The van der Waals surface area contributed by atoms with Gasteiger partial charge in [-0.05, 0) is 48.0 Å². The summed E-state index contributed by atoms with van der Waals surface area (Å²) in [6.07, 6.45) is 2.68. The predicted octanol–water partition coefficient (Wildman–Crippen LogP) is 3.73. The molecule has 0 aliphatic heterocycles. The first-order valence-electron chi connectivity index (χ1n) is 5.78.